The van der Waals surface area contributed by atoms with Crippen LogP contribution in [0.1, 0.15) is 86.0 Å². The molecule has 3 N–H and O–H groups in total. The monoisotopic (exact) mass is 388 g/mol. The molecule has 2 rings (SSSR count). The van der Waals surface area contributed by atoms with Crippen LogP contribution in [0.2, 0.25) is 0 Å². The maximum atomic E-state index is 10.4. The van der Waals surface area contributed by atoms with Gasteiger partial charge in [-0.1, -0.05) is 70.3 Å². The van der Waals surface area contributed by atoms with E-state index in [1.807, 2.05) is 13.8 Å². The van der Waals surface area contributed by atoms with E-state index in [0.717, 1.165) is 24.8 Å². The van der Waals surface area contributed by atoms with Gasteiger partial charge in [-0.25, -0.2) is 0 Å². The van der Waals surface area contributed by atoms with E-state index >= 15 is 0 Å². The Morgan fingerprint density at radius 1 is 1.11 bits per heavy atom. The zero-order valence-corrected chi connectivity index (χ0v) is 18.5. The minimum absolute atomic E-state index is 0.124. The summed E-state index contributed by atoms with van der Waals surface area (Å²) in [6, 6.07) is 0. The molecule has 3 nitrogen and oxygen atoms in total. The second-order valence-corrected chi connectivity index (χ2v) is 9.81. The molecule has 2 fully saturated rings. The lowest BCUT2D eigenvalue weighted by atomic mass is 9.64. The summed E-state index contributed by atoms with van der Waals surface area (Å²) in [5, 5.41) is 30.1. The van der Waals surface area contributed by atoms with Crippen molar-refractivity contribution in [3.05, 3.63) is 23.8 Å². The standard InChI is InChI=1S/C25H40O3/c1-6-25(28,7-2)14-9-13-24(5)15-12-20(23(24,3)4)11-8-10-19-16-21(26)18-22(27)17-19/h8,10-11,20-22,26-28H,6-7,12-13,15-18H2,1-5H3/b11-8+/t20-,21-,22-,24+/m1/s1. The third-order valence-corrected chi connectivity index (χ3v) is 7.67. The number of rotatable bonds is 5. The first kappa shape index (κ1) is 23.2. The van der Waals surface area contributed by atoms with E-state index in [2.05, 4.69) is 50.8 Å². The van der Waals surface area contributed by atoms with Gasteiger partial charge in [0.1, 0.15) is 5.60 Å². The van der Waals surface area contributed by atoms with Gasteiger partial charge in [0.2, 0.25) is 0 Å². The van der Waals surface area contributed by atoms with E-state index < -0.39 is 17.8 Å². The van der Waals surface area contributed by atoms with Crippen molar-refractivity contribution in [3.63, 3.8) is 0 Å². The SMILES string of the molecule is CCC(O)(C#CC[C@@]1(C)CC[C@@H](/C=C/C=C2C[C@@H](O)C[C@H](O)C2)C1(C)C)CC. The molecule has 0 unspecified atom stereocenters. The second kappa shape index (κ2) is 9.16. The molecule has 28 heavy (non-hydrogen) atoms. The molecule has 2 aliphatic rings. The first-order chi connectivity index (χ1) is 13.0. The van der Waals surface area contributed by atoms with Gasteiger partial charge >= 0.3 is 0 Å². The summed E-state index contributed by atoms with van der Waals surface area (Å²) < 4.78 is 0. The zero-order valence-electron chi connectivity index (χ0n) is 18.5. The lowest BCUT2D eigenvalue weighted by molar-refractivity contribution is 0.0609. The van der Waals surface area contributed by atoms with Gasteiger partial charge in [-0.15, -0.1) is 0 Å². The van der Waals surface area contributed by atoms with Crippen LogP contribution in [0.3, 0.4) is 0 Å². The molecule has 0 aromatic heterocycles. The van der Waals surface area contributed by atoms with E-state index in [1.165, 1.54) is 0 Å². The molecular weight excluding hydrogens is 348 g/mol. The van der Waals surface area contributed by atoms with E-state index in [9.17, 15) is 15.3 Å². The average Bonchev–Trinajstić information content (AvgIpc) is 2.84. The van der Waals surface area contributed by atoms with Crippen LogP contribution in [-0.4, -0.2) is 33.1 Å². The molecule has 3 heteroatoms. The number of hydrogen-bond donors (Lipinski definition) is 3. The predicted molar refractivity (Wildman–Crippen MR) is 116 cm³/mol. The van der Waals surface area contributed by atoms with Crippen molar-refractivity contribution < 1.29 is 15.3 Å². The second-order valence-electron chi connectivity index (χ2n) is 9.81. The van der Waals surface area contributed by atoms with Gasteiger partial charge in [-0.3, -0.25) is 0 Å². The number of aliphatic hydroxyl groups excluding tert-OH is 2. The Balaban J connectivity index is 2.04. The molecular formula is C25H40O3. The molecule has 2 saturated carbocycles. The quantitative estimate of drug-likeness (QED) is 0.595. The molecule has 0 heterocycles. The molecule has 0 spiro atoms. The van der Waals surface area contributed by atoms with Crippen molar-refractivity contribution in [1.29, 1.82) is 0 Å². The van der Waals surface area contributed by atoms with Crippen molar-refractivity contribution in [3.8, 4) is 11.8 Å². The van der Waals surface area contributed by atoms with Gasteiger partial charge in [0.05, 0.1) is 12.2 Å². The van der Waals surface area contributed by atoms with Crippen LogP contribution < -0.4 is 0 Å². The van der Waals surface area contributed by atoms with E-state index in [1.54, 1.807) is 0 Å². The average molecular weight is 389 g/mol. The van der Waals surface area contributed by atoms with Crippen LogP contribution >= 0.6 is 0 Å². The lowest BCUT2D eigenvalue weighted by Gasteiger charge is -2.40. The Hall–Kier alpha value is -1.08. The van der Waals surface area contributed by atoms with Gasteiger partial charge in [0.15, 0.2) is 0 Å². The van der Waals surface area contributed by atoms with Gasteiger partial charge in [0, 0.05) is 6.42 Å². The highest BCUT2D eigenvalue weighted by Gasteiger charge is 2.49. The molecule has 0 radical (unpaired) electrons. The minimum Gasteiger partial charge on any atom is -0.393 e. The first-order valence-electron chi connectivity index (χ1n) is 11.0. The first-order valence-corrected chi connectivity index (χ1v) is 11.0. The maximum absolute atomic E-state index is 10.4. The summed E-state index contributed by atoms with van der Waals surface area (Å²) in [5.41, 5.74) is 0.533. The van der Waals surface area contributed by atoms with Crippen molar-refractivity contribution >= 4 is 0 Å². The van der Waals surface area contributed by atoms with E-state index in [4.69, 9.17) is 0 Å². The molecule has 0 aliphatic heterocycles. The highest BCUT2D eigenvalue weighted by atomic mass is 16.3. The summed E-state index contributed by atoms with van der Waals surface area (Å²) in [4.78, 5) is 0. The molecule has 0 aromatic carbocycles. The highest BCUT2D eigenvalue weighted by Crippen LogP contribution is 2.58. The molecule has 0 amide bonds. The fraction of sp³-hybridized carbons (Fsp3) is 0.760. The van der Waals surface area contributed by atoms with Crippen LogP contribution in [0.25, 0.3) is 0 Å². The topological polar surface area (TPSA) is 60.7 Å². The minimum atomic E-state index is -0.847. The molecule has 0 aromatic rings. The normalized spacial score (nSPS) is 33.0. The van der Waals surface area contributed by atoms with Crippen molar-refractivity contribution in [2.45, 2.75) is 104 Å². The molecule has 0 bridgehead atoms. The van der Waals surface area contributed by atoms with Crippen LogP contribution in [0.15, 0.2) is 23.8 Å². The summed E-state index contributed by atoms with van der Waals surface area (Å²) in [5.74, 6) is 6.92. The third-order valence-electron chi connectivity index (χ3n) is 7.67. The lowest BCUT2D eigenvalue weighted by Crippen LogP contribution is -2.33. The fourth-order valence-electron chi connectivity index (χ4n) is 4.72. The van der Waals surface area contributed by atoms with Crippen molar-refractivity contribution in [2.75, 3.05) is 0 Å². The van der Waals surface area contributed by atoms with Crippen molar-refractivity contribution in [1.82, 2.24) is 0 Å². The highest BCUT2D eigenvalue weighted by molar-refractivity contribution is 5.20. The summed E-state index contributed by atoms with van der Waals surface area (Å²) in [7, 11) is 0. The zero-order chi connectivity index (χ0) is 21.0. The van der Waals surface area contributed by atoms with Gasteiger partial charge in [0.25, 0.3) is 0 Å². The van der Waals surface area contributed by atoms with E-state index in [-0.39, 0.29) is 10.8 Å². The molecule has 4 atom stereocenters. The maximum Gasteiger partial charge on any atom is 0.125 e. The van der Waals surface area contributed by atoms with Crippen molar-refractivity contribution in [2.24, 2.45) is 16.7 Å². The Bertz CT molecular complexity index is 632. The smallest absolute Gasteiger partial charge is 0.125 e. The Kier molecular flexibility index (Phi) is 7.59. The summed E-state index contributed by atoms with van der Waals surface area (Å²) in [6.45, 7) is 11.0. The fourth-order valence-corrected chi connectivity index (χ4v) is 4.72. The predicted octanol–water partition coefficient (Wildman–Crippen LogP) is 4.76. The molecule has 0 saturated heterocycles. The Labute approximate surface area is 171 Å². The van der Waals surface area contributed by atoms with Gasteiger partial charge in [-0.05, 0) is 61.7 Å². The summed E-state index contributed by atoms with van der Waals surface area (Å²) in [6.07, 6.45) is 11.9. The van der Waals surface area contributed by atoms with Gasteiger partial charge < -0.3 is 15.3 Å². The van der Waals surface area contributed by atoms with Crippen LogP contribution in [-0.2, 0) is 0 Å². The third kappa shape index (κ3) is 5.29. The largest absolute Gasteiger partial charge is 0.393 e. The molecule has 158 valence electrons. The number of hydrogen-bond acceptors (Lipinski definition) is 3. The summed E-state index contributed by atoms with van der Waals surface area (Å²) >= 11 is 0. The van der Waals surface area contributed by atoms with Gasteiger partial charge in [-0.2, -0.15) is 0 Å². The Morgan fingerprint density at radius 3 is 2.29 bits per heavy atom. The number of allylic oxidation sites excluding steroid dienone is 3. The van der Waals surface area contributed by atoms with Crippen LogP contribution in [0, 0.1) is 28.6 Å². The molecule has 2 aliphatic carbocycles. The Morgan fingerprint density at radius 2 is 1.71 bits per heavy atom. The van der Waals surface area contributed by atoms with E-state index in [0.29, 0.717) is 38.0 Å². The van der Waals surface area contributed by atoms with Crippen LogP contribution in [0.4, 0.5) is 0 Å². The van der Waals surface area contributed by atoms with Crippen LogP contribution in [0.5, 0.6) is 0 Å². The number of aliphatic hydroxyl groups is 3.